The van der Waals surface area contributed by atoms with Crippen molar-refractivity contribution in [1.82, 2.24) is 20.2 Å². The van der Waals surface area contributed by atoms with E-state index >= 15 is 0 Å². The highest BCUT2D eigenvalue weighted by Gasteiger charge is 2.15. The molecule has 140 valence electrons. The molecular formula is C22H21N5O. The van der Waals surface area contributed by atoms with E-state index in [4.69, 9.17) is 4.74 Å². The molecule has 4 rings (SSSR count). The third-order valence-electron chi connectivity index (χ3n) is 4.56. The standard InChI is InChI=1S/C22H21N5O/c1-15-12-13-20(21(16(15)2)22-24-26-27(3)25-22)23-17-8-7-11-19(14-17)28-18-9-5-4-6-10-18/h4-14,23H,1-3H3. The third kappa shape index (κ3) is 3.71. The lowest BCUT2D eigenvalue weighted by molar-refractivity contribution is 0.483. The van der Waals surface area contributed by atoms with Gasteiger partial charge in [-0.3, -0.25) is 0 Å². The predicted molar refractivity (Wildman–Crippen MR) is 110 cm³/mol. The largest absolute Gasteiger partial charge is 0.457 e. The number of hydrogen-bond donors (Lipinski definition) is 1. The Hall–Kier alpha value is -3.67. The van der Waals surface area contributed by atoms with E-state index in [1.165, 1.54) is 10.4 Å². The molecular weight excluding hydrogens is 350 g/mol. The maximum atomic E-state index is 5.94. The van der Waals surface area contributed by atoms with Gasteiger partial charge >= 0.3 is 0 Å². The maximum Gasteiger partial charge on any atom is 0.207 e. The van der Waals surface area contributed by atoms with E-state index in [1.807, 2.05) is 60.7 Å². The monoisotopic (exact) mass is 371 g/mol. The van der Waals surface area contributed by atoms with Crippen LogP contribution in [0.2, 0.25) is 0 Å². The van der Waals surface area contributed by atoms with Crippen LogP contribution in [-0.4, -0.2) is 20.2 Å². The Morgan fingerprint density at radius 1 is 0.893 bits per heavy atom. The molecule has 0 fully saturated rings. The second-order valence-electron chi connectivity index (χ2n) is 6.60. The minimum Gasteiger partial charge on any atom is -0.457 e. The number of rotatable bonds is 5. The van der Waals surface area contributed by atoms with Gasteiger partial charge in [-0.1, -0.05) is 30.3 Å². The van der Waals surface area contributed by atoms with Crippen LogP contribution in [0.1, 0.15) is 11.1 Å². The van der Waals surface area contributed by atoms with Crippen molar-refractivity contribution < 1.29 is 4.74 Å². The number of tetrazole rings is 1. The normalized spacial score (nSPS) is 10.7. The van der Waals surface area contributed by atoms with E-state index in [9.17, 15) is 0 Å². The molecule has 0 atom stereocenters. The summed E-state index contributed by atoms with van der Waals surface area (Å²) in [5.74, 6) is 2.16. The van der Waals surface area contributed by atoms with Crippen LogP contribution in [-0.2, 0) is 7.05 Å². The zero-order valence-electron chi connectivity index (χ0n) is 16.0. The van der Waals surface area contributed by atoms with Gasteiger partial charge in [-0.2, -0.15) is 4.80 Å². The van der Waals surface area contributed by atoms with Gasteiger partial charge in [0.25, 0.3) is 0 Å². The molecule has 0 radical (unpaired) electrons. The third-order valence-corrected chi connectivity index (χ3v) is 4.56. The van der Waals surface area contributed by atoms with Gasteiger partial charge in [-0.15, -0.1) is 10.2 Å². The Morgan fingerprint density at radius 3 is 2.43 bits per heavy atom. The maximum absolute atomic E-state index is 5.94. The predicted octanol–water partition coefficient (Wildman–Crippen LogP) is 5.03. The molecule has 0 spiro atoms. The van der Waals surface area contributed by atoms with E-state index < -0.39 is 0 Å². The minimum absolute atomic E-state index is 0.600. The van der Waals surface area contributed by atoms with Crippen LogP contribution in [0.3, 0.4) is 0 Å². The molecule has 0 bridgehead atoms. The van der Waals surface area contributed by atoms with Gasteiger partial charge in [0, 0.05) is 23.0 Å². The number of hydrogen-bond acceptors (Lipinski definition) is 5. The molecule has 0 aliphatic carbocycles. The van der Waals surface area contributed by atoms with Gasteiger partial charge in [-0.05, 0) is 60.5 Å². The summed E-state index contributed by atoms with van der Waals surface area (Å²) in [6.45, 7) is 4.15. The van der Waals surface area contributed by atoms with E-state index in [1.54, 1.807) is 7.05 Å². The number of nitrogens with zero attached hydrogens (tertiary/aromatic N) is 4. The zero-order valence-corrected chi connectivity index (χ0v) is 16.0. The summed E-state index contributed by atoms with van der Waals surface area (Å²) in [7, 11) is 1.76. The first kappa shape index (κ1) is 17.7. The van der Waals surface area contributed by atoms with Crippen LogP contribution in [0.15, 0.2) is 66.7 Å². The highest BCUT2D eigenvalue weighted by atomic mass is 16.5. The molecule has 1 heterocycles. The second kappa shape index (κ2) is 7.52. The average molecular weight is 371 g/mol. The van der Waals surface area contributed by atoms with Crippen LogP contribution in [0.25, 0.3) is 11.4 Å². The Morgan fingerprint density at radius 2 is 1.68 bits per heavy atom. The minimum atomic E-state index is 0.600. The molecule has 6 heteroatoms. The van der Waals surface area contributed by atoms with Crippen LogP contribution in [0.5, 0.6) is 11.5 Å². The summed E-state index contributed by atoms with van der Waals surface area (Å²) in [6.07, 6.45) is 0. The van der Waals surface area contributed by atoms with Gasteiger partial charge in [-0.25, -0.2) is 0 Å². The Kier molecular flexibility index (Phi) is 4.76. The first-order valence-electron chi connectivity index (χ1n) is 9.05. The number of benzene rings is 3. The summed E-state index contributed by atoms with van der Waals surface area (Å²) in [6, 6.07) is 21.7. The first-order chi connectivity index (χ1) is 13.6. The molecule has 4 aromatic rings. The van der Waals surface area contributed by atoms with Crippen LogP contribution in [0.4, 0.5) is 11.4 Å². The van der Waals surface area contributed by atoms with Crippen LogP contribution < -0.4 is 10.1 Å². The molecule has 0 aliphatic rings. The Bertz CT molecular complexity index is 1110. The number of ether oxygens (including phenoxy) is 1. The van der Waals surface area contributed by atoms with E-state index in [0.717, 1.165) is 34.0 Å². The highest BCUT2D eigenvalue weighted by Crippen LogP contribution is 2.34. The molecule has 0 amide bonds. The molecule has 0 saturated heterocycles. The summed E-state index contributed by atoms with van der Waals surface area (Å²) >= 11 is 0. The molecule has 6 nitrogen and oxygen atoms in total. The lowest BCUT2D eigenvalue weighted by Gasteiger charge is -2.15. The van der Waals surface area contributed by atoms with Crippen molar-refractivity contribution in [1.29, 1.82) is 0 Å². The molecule has 0 saturated carbocycles. The van der Waals surface area contributed by atoms with E-state index in [-0.39, 0.29) is 0 Å². The van der Waals surface area contributed by atoms with Crippen LogP contribution in [0, 0.1) is 13.8 Å². The van der Waals surface area contributed by atoms with Crippen molar-refractivity contribution in [3.05, 3.63) is 77.9 Å². The lowest BCUT2D eigenvalue weighted by Crippen LogP contribution is -1.99. The molecule has 3 aromatic carbocycles. The number of nitrogens with one attached hydrogen (secondary N) is 1. The summed E-state index contributed by atoms with van der Waals surface area (Å²) < 4.78 is 5.94. The number of anilines is 2. The molecule has 28 heavy (non-hydrogen) atoms. The summed E-state index contributed by atoms with van der Waals surface area (Å²) in [4.78, 5) is 1.47. The van der Waals surface area contributed by atoms with Gasteiger partial charge < -0.3 is 10.1 Å². The molecule has 1 aromatic heterocycles. The van der Waals surface area contributed by atoms with Crippen molar-refractivity contribution in [3.8, 4) is 22.9 Å². The van der Waals surface area contributed by atoms with E-state index in [2.05, 4.69) is 40.6 Å². The van der Waals surface area contributed by atoms with Crippen molar-refractivity contribution in [2.24, 2.45) is 7.05 Å². The quantitative estimate of drug-likeness (QED) is 0.533. The first-order valence-corrected chi connectivity index (χ1v) is 9.05. The van der Waals surface area contributed by atoms with Crippen molar-refractivity contribution >= 4 is 11.4 Å². The van der Waals surface area contributed by atoms with Crippen molar-refractivity contribution in [2.45, 2.75) is 13.8 Å². The molecule has 0 unspecified atom stereocenters. The highest BCUT2D eigenvalue weighted by molar-refractivity contribution is 5.81. The second-order valence-corrected chi connectivity index (χ2v) is 6.60. The van der Waals surface area contributed by atoms with Gasteiger partial charge in [0.2, 0.25) is 5.82 Å². The SMILES string of the molecule is Cc1ccc(Nc2cccc(Oc3ccccc3)c2)c(-c2nnn(C)n2)c1C. The average Bonchev–Trinajstić information content (AvgIpc) is 3.12. The fourth-order valence-electron chi connectivity index (χ4n) is 3.01. The van der Waals surface area contributed by atoms with Gasteiger partial charge in [0.1, 0.15) is 11.5 Å². The van der Waals surface area contributed by atoms with Crippen molar-refractivity contribution in [2.75, 3.05) is 5.32 Å². The Labute approximate surface area is 163 Å². The fourth-order valence-corrected chi connectivity index (χ4v) is 3.01. The Balaban J connectivity index is 1.66. The smallest absolute Gasteiger partial charge is 0.207 e. The van der Waals surface area contributed by atoms with Gasteiger partial charge in [0.15, 0.2) is 0 Å². The zero-order chi connectivity index (χ0) is 19.5. The summed E-state index contributed by atoms with van der Waals surface area (Å²) in [5.41, 5.74) is 5.08. The number of aromatic nitrogens is 4. The lowest BCUT2D eigenvalue weighted by atomic mass is 10.0. The molecule has 0 aliphatic heterocycles. The molecule has 1 N–H and O–H groups in total. The number of aryl methyl sites for hydroxylation is 2. The van der Waals surface area contributed by atoms with Gasteiger partial charge in [0.05, 0.1) is 7.05 Å². The topological polar surface area (TPSA) is 64.9 Å². The number of para-hydroxylation sites is 1. The van der Waals surface area contributed by atoms with E-state index in [0.29, 0.717) is 5.82 Å². The van der Waals surface area contributed by atoms with Crippen molar-refractivity contribution in [3.63, 3.8) is 0 Å². The summed E-state index contributed by atoms with van der Waals surface area (Å²) in [5, 5.41) is 16.0. The fraction of sp³-hybridized carbons (Fsp3) is 0.136. The van der Waals surface area contributed by atoms with Crippen LogP contribution >= 0.6 is 0 Å².